The van der Waals surface area contributed by atoms with E-state index in [-0.39, 0.29) is 18.5 Å². The number of hydrogen-bond acceptors (Lipinski definition) is 4. The molecule has 25 heavy (non-hydrogen) atoms. The number of aliphatic carboxylic acids is 1. The van der Waals surface area contributed by atoms with E-state index in [1.54, 1.807) is 19.3 Å². The van der Waals surface area contributed by atoms with E-state index in [9.17, 15) is 19.2 Å². The van der Waals surface area contributed by atoms with E-state index in [2.05, 4.69) is 10.6 Å². The largest absolute Gasteiger partial charge is 0.481 e. The number of nitrogens with one attached hydrogen (secondary N) is 2. The average Bonchev–Trinajstić information content (AvgIpc) is 2.57. The van der Waals surface area contributed by atoms with Crippen LogP contribution in [0.2, 0.25) is 0 Å². The van der Waals surface area contributed by atoms with Gasteiger partial charge in [-0.25, -0.2) is 0 Å². The van der Waals surface area contributed by atoms with Gasteiger partial charge < -0.3 is 20.3 Å². The molecule has 0 bridgehead atoms. The lowest BCUT2D eigenvalue weighted by atomic mass is 10.2. The molecule has 8 heteroatoms. The summed E-state index contributed by atoms with van der Waals surface area (Å²) in [6.07, 6.45) is 1.39. The Morgan fingerprint density at radius 1 is 1.08 bits per heavy atom. The molecule has 0 saturated heterocycles. The van der Waals surface area contributed by atoms with Crippen molar-refractivity contribution in [2.45, 2.75) is 6.42 Å². The van der Waals surface area contributed by atoms with Crippen molar-refractivity contribution in [3.63, 3.8) is 0 Å². The van der Waals surface area contributed by atoms with E-state index >= 15 is 0 Å². The fourth-order valence-corrected chi connectivity index (χ4v) is 2.06. The summed E-state index contributed by atoms with van der Waals surface area (Å²) in [6.45, 7) is 0.0317. The Morgan fingerprint density at radius 3 is 2.40 bits per heavy atom. The number of carbonyl (C=O) groups is 3. The number of amides is 2. The highest BCUT2D eigenvalue weighted by Gasteiger charge is 2.12. The molecular weight excluding hydrogens is 326 g/mol. The molecule has 1 heterocycles. The van der Waals surface area contributed by atoms with Gasteiger partial charge in [0.15, 0.2) is 0 Å². The van der Waals surface area contributed by atoms with E-state index < -0.39 is 23.3 Å². The zero-order valence-corrected chi connectivity index (χ0v) is 13.5. The summed E-state index contributed by atoms with van der Waals surface area (Å²) >= 11 is 0. The molecule has 1 aromatic heterocycles. The van der Waals surface area contributed by atoms with Crippen molar-refractivity contribution < 1.29 is 19.5 Å². The van der Waals surface area contributed by atoms with E-state index in [0.29, 0.717) is 11.3 Å². The highest BCUT2D eigenvalue weighted by Crippen LogP contribution is 2.10. The second-order valence-electron chi connectivity index (χ2n) is 5.27. The van der Waals surface area contributed by atoms with Crippen LogP contribution >= 0.6 is 0 Å². The molecule has 0 radical (unpaired) electrons. The van der Waals surface area contributed by atoms with Gasteiger partial charge in [0.1, 0.15) is 5.56 Å². The number of carboxylic acids is 1. The van der Waals surface area contributed by atoms with Gasteiger partial charge in [0.05, 0.1) is 6.42 Å². The molecule has 0 fully saturated rings. The number of pyridine rings is 1. The Hall–Kier alpha value is -3.42. The van der Waals surface area contributed by atoms with Crippen LogP contribution in [-0.2, 0) is 11.8 Å². The molecule has 0 aliphatic rings. The Labute approximate surface area is 143 Å². The van der Waals surface area contributed by atoms with Crippen molar-refractivity contribution in [1.82, 2.24) is 9.88 Å². The minimum Gasteiger partial charge on any atom is -0.481 e. The fraction of sp³-hybridized carbons (Fsp3) is 0.176. The maximum Gasteiger partial charge on any atom is 0.305 e. The van der Waals surface area contributed by atoms with Gasteiger partial charge in [-0.3, -0.25) is 19.2 Å². The van der Waals surface area contributed by atoms with Gasteiger partial charge in [0.25, 0.3) is 17.4 Å². The summed E-state index contributed by atoms with van der Waals surface area (Å²) in [4.78, 5) is 46.3. The molecule has 130 valence electrons. The lowest BCUT2D eigenvalue weighted by Gasteiger charge is -2.07. The normalized spacial score (nSPS) is 10.1. The van der Waals surface area contributed by atoms with Crippen molar-refractivity contribution in [3.05, 3.63) is 64.1 Å². The van der Waals surface area contributed by atoms with E-state index in [4.69, 9.17) is 5.11 Å². The molecule has 3 N–H and O–H groups in total. The van der Waals surface area contributed by atoms with Crippen LogP contribution in [0.1, 0.15) is 27.1 Å². The molecule has 0 saturated carbocycles. The first-order valence-corrected chi connectivity index (χ1v) is 7.45. The SMILES string of the molecule is Cn1cccc(C(=O)Nc2ccc(C(=O)NCCC(=O)O)cc2)c1=O. The Bertz CT molecular complexity index is 855. The van der Waals surface area contributed by atoms with Gasteiger partial charge in [-0.15, -0.1) is 0 Å². The molecule has 2 amide bonds. The van der Waals surface area contributed by atoms with E-state index in [1.807, 2.05) is 0 Å². The molecule has 0 aliphatic heterocycles. The topological polar surface area (TPSA) is 118 Å². The number of benzene rings is 1. The zero-order valence-electron chi connectivity index (χ0n) is 13.5. The number of aryl methyl sites for hydroxylation is 1. The monoisotopic (exact) mass is 343 g/mol. The molecule has 0 aliphatic carbocycles. The molecule has 0 spiro atoms. The molecule has 0 atom stereocenters. The summed E-state index contributed by atoms with van der Waals surface area (Å²) < 4.78 is 1.31. The van der Waals surface area contributed by atoms with Gasteiger partial charge in [-0.2, -0.15) is 0 Å². The first-order chi connectivity index (χ1) is 11.9. The number of carboxylic acid groups (broad SMARTS) is 1. The molecule has 1 aromatic carbocycles. The molecule has 8 nitrogen and oxygen atoms in total. The lowest BCUT2D eigenvalue weighted by Crippen LogP contribution is -2.27. The predicted octanol–water partition coefficient (Wildman–Crippen LogP) is 0.842. The highest BCUT2D eigenvalue weighted by molar-refractivity contribution is 6.04. The van der Waals surface area contributed by atoms with Crippen LogP contribution in [0.4, 0.5) is 5.69 Å². The van der Waals surface area contributed by atoms with E-state index in [1.165, 1.54) is 34.9 Å². The third-order valence-corrected chi connectivity index (χ3v) is 3.40. The minimum atomic E-state index is -0.995. The number of anilines is 1. The molecular formula is C17H17N3O5. The van der Waals surface area contributed by atoms with Gasteiger partial charge in [-0.05, 0) is 36.4 Å². The molecule has 2 rings (SSSR count). The van der Waals surface area contributed by atoms with Crippen molar-refractivity contribution in [1.29, 1.82) is 0 Å². The van der Waals surface area contributed by atoms with Crippen LogP contribution in [0.5, 0.6) is 0 Å². The first-order valence-electron chi connectivity index (χ1n) is 7.45. The Balaban J connectivity index is 2.01. The minimum absolute atomic E-state index is 0.0143. The van der Waals surface area contributed by atoms with Crippen LogP contribution in [-0.4, -0.2) is 34.0 Å². The van der Waals surface area contributed by atoms with Crippen molar-refractivity contribution in [2.24, 2.45) is 7.05 Å². The average molecular weight is 343 g/mol. The van der Waals surface area contributed by atoms with E-state index in [0.717, 1.165) is 0 Å². The maximum absolute atomic E-state index is 12.2. The summed E-state index contributed by atoms with van der Waals surface area (Å²) in [7, 11) is 1.55. The maximum atomic E-state index is 12.2. The van der Waals surface area contributed by atoms with Crippen molar-refractivity contribution >= 4 is 23.5 Å². The fourth-order valence-electron chi connectivity index (χ4n) is 2.06. The zero-order chi connectivity index (χ0) is 18.4. The third kappa shape index (κ3) is 4.77. The number of aromatic nitrogens is 1. The van der Waals surface area contributed by atoms with Crippen LogP contribution in [0.25, 0.3) is 0 Å². The quantitative estimate of drug-likeness (QED) is 0.718. The lowest BCUT2D eigenvalue weighted by molar-refractivity contribution is -0.136. The second kappa shape index (κ2) is 7.91. The summed E-state index contributed by atoms with van der Waals surface area (Å²) in [5.74, 6) is -1.94. The van der Waals surface area contributed by atoms with Gasteiger partial charge in [-0.1, -0.05) is 0 Å². The first kappa shape index (κ1) is 17.9. The summed E-state index contributed by atoms with van der Waals surface area (Å²) in [6, 6.07) is 9.07. The van der Waals surface area contributed by atoms with Crippen LogP contribution in [0.15, 0.2) is 47.4 Å². The van der Waals surface area contributed by atoms with Crippen LogP contribution in [0.3, 0.4) is 0 Å². The number of hydrogen-bond donors (Lipinski definition) is 3. The van der Waals surface area contributed by atoms with Gasteiger partial charge >= 0.3 is 5.97 Å². The van der Waals surface area contributed by atoms with Crippen molar-refractivity contribution in [2.75, 3.05) is 11.9 Å². The van der Waals surface area contributed by atoms with Crippen LogP contribution in [0, 0.1) is 0 Å². The number of carbonyl (C=O) groups excluding carboxylic acids is 2. The predicted molar refractivity (Wildman–Crippen MR) is 90.7 cm³/mol. The van der Waals surface area contributed by atoms with Gasteiger partial charge in [0.2, 0.25) is 0 Å². The summed E-state index contributed by atoms with van der Waals surface area (Å²) in [5, 5.41) is 13.6. The number of nitrogens with zero attached hydrogens (tertiary/aromatic N) is 1. The summed E-state index contributed by atoms with van der Waals surface area (Å²) in [5.41, 5.74) is 0.368. The Morgan fingerprint density at radius 2 is 1.76 bits per heavy atom. The molecule has 0 unspecified atom stereocenters. The highest BCUT2D eigenvalue weighted by atomic mass is 16.4. The second-order valence-corrected chi connectivity index (χ2v) is 5.27. The van der Waals surface area contributed by atoms with Crippen molar-refractivity contribution in [3.8, 4) is 0 Å². The van der Waals surface area contributed by atoms with Crippen LogP contribution < -0.4 is 16.2 Å². The Kier molecular flexibility index (Phi) is 5.67. The smallest absolute Gasteiger partial charge is 0.305 e. The third-order valence-electron chi connectivity index (χ3n) is 3.40. The standard InChI is InChI=1S/C17H17N3O5/c1-20-10-2-3-13(17(20)25)16(24)19-12-6-4-11(5-7-12)15(23)18-9-8-14(21)22/h2-7,10H,8-9H2,1H3,(H,18,23)(H,19,24)(H,21,22). The number of rotatable bonds is 6. The molecule has 2 aromatic rings. The van der Waals surface area contributed by atoms with Gasteiger partial charge in [0, 0.05) is 31.0 Å².